The Kier molecular flexibility index (Phi) is 10.2. The summed E-state index contributed by atoms with van der Waals surface area (Å²) in [7, 11) is -2.05. The molecule has 0 fully saturated rings. The molecule has 0 aliphatic rings. The van der Waals surface area contributed by atoms with Gasteiger partial charge in [0.2, 0.25) is 15.9 Å². The Labute approximate surface area is 194 Å². The molecule has 0 spiro atoms. The summed E-state index contributed by atoms with van der Waals surface area (Å²) in [5.74, 6) is 0.181. The zero-order valence-corrected chi connectivity index (χ0v) is 19.3. The molecule has 1 aromatic carbocycles. The van der Waals surface area contributed by atoms with Gasteiger partial charge in [-0.2, -0.15) is 13.2 Å². The summed E-state index contributed by atoms with van der Waals surface area (Å²) in [6.45, 7) is 0.192. The van der Waals surface area contributed by atoms with E-state index in [1.807, 2.05) is 0 Å². The summed E-state index contributed by atoms with van der Waals surface area (Å²) in [5, 5.41) is 8.42. The SMILES string of the molecule is COCCOc1ccc(CCCS(=O)(=O)NCCO)c(Oc2ncc(C(F)(F)F)cc2Cl)c1. The van der Waals surface area contributed by atoms with Crippen LogP contribution < -0.4 is 14.2 Å². The van der Waals surface area contributed by atoms with Crippen LogP contribution in [0.3, 0.4) is 0 Å². The van der Waals surface area contributed by atoms with Crippen molar-refractivity contribution in [3.8, 4) is 17.4 Å². The van der Waals surface area contributed by atoms with Gasteiger partial charge in [-0.1, -0.05) is 17.7 Å². The number of aryl methyl sites for hydroxylation is 1. The van der Waals surface area contributed by atoms with E-state index >= 15 is 0 Å². The average molecular weight is 513 g/mol. The third kappa shape index (κ3) is 8.97. The summed E-state index contributed by atoms with van der Waals surface area (Å²) < 4.78 is 80.8. The summed E-state index contributed by atoms with van der Waals surface area (Å²) in [6.07, 6.45) is -3.51. The van der Waals surface area contributed by atoms with Crippen LogP contribution in [-0.4, -0.2) is 57.7 Å². The standard InChI is InChI=1S/C20H24ClF3N2O6S/c1-30-8-9-31-16-5-4-14(3-2-10-33(28,29)26-6-7-27)18(12-16)32-19-17(21)11-15(13-25-19)20(22,23)24/h4-5,11-13,26-27H,2-3,6-10H2,1H3. The number of sulfonamides is 1. The Balaban J connectivity index is 2.22. The van der Waals surface area contributed by atoms with Gasteiger partial charge >= 0.3 is 6.18 Å². The number of nitrogens with zero attached hydrogens (tertiary/aromatic N) is 1. The topological polar surface area (TPSA) is 107 Å². The number of aliphatic hydroxyl groups excluding tert-OH is 1. The van der Waals surface area contributed by atoms with Gasteiger partial charge in [-0.25, -0.2) is 18.1 Å². The Morgan fingerprint density at radius 1 is 1.21 bits per heavy atom. The second-order valence-electron chi connectivity index (χ2n) is 6.76. The number of ether oxygens (including phenoxy) is 3. The van der Waals surface area contributed by atoms with E-state index in [9.17, 15) is 21.6 Å². The van der Waals surface area contributed by atoms with Crippen LogP contribution >= 0.6 is 11.6 Å². The second kappa shape index (κ2) is 12.4. The first-order valence-electron chi connectivity index (χ1n) is 9.79. The van der Waals surface area contributed by atoms with Gasteiger partial charge in [0.1, 0.15) is 23.1 Å². The predicted molar refractivity (Wildman–Crippen MR) is 115 cm³/mol. The molecule has 2 N–H and O–H groups in total. The van der Waals surface area contributed by atoms with Crippen molar-refractivity contribution >= 4 is 21.6 Å². The van der Waals surface area contributed by atoms with Crippen LogP contribution in [0.2, 0.25) is 5.02 Å². The van der Waals surface area contributed by atoms with Crippen LogP contribution in [0.5, 0.6) is 17.4 Å². The van der Waals surface area contributed by atoms with Crippen molar-refractivity contribution in [3.63, 3.8) is 0 Å². The molecule has 2 aromatic rings. The van der Waals surface area contributed by atoms with E-state index in [0.717, 1.165) is 0 Å². The van der Waals surface area contributed by atoms with E-state index in [4.69, 9.17) is 30.9 Å². The van der Waals surface area contributed by atoms with Gasteiger partial charge < -0.3 is 19.3 Å². The molecule has 0 bridgehead atoms. The minimum atomic E-state index is -4.61. The third-order valence-corrected chi connectivity index (χ3v) is 5.97. The van der Waals surface area contributed by atoms with Crippen molar-refractivity contribution in [1.82, 2.24) is 9.71 Å². The van der Waals surface area contributed by atoms with Crippen LogP contribution in [0.1, 0.15) is 17.5 Å². The van der Waals surface area contributed by atoms with Gasteiger partial charge in [-0.05, 0) is 30.5 Å². The number of hydrogen-bond donors (Lipinski definition) is 2. The van der Waals surface area contributed by atoms with Crippen LogP contribution in [-0.2, 0) is 27.4 Å². The van der Waals surface area contributed by atoms with Crippen molar-refractivity contribution in [2.75, 3.05) is 39.2 Å². The summed E-state index contributed by atoms with van der Waals surface area (Å²) in [6, 6.07) is 5.53. The quantitative estimate of drug-likeness (QED) is 0.396. The average Bonchev–Trinajstić information content (AvgIpc) is 2.74. The molecular formula is C20H24ClF3N2O6S. The smallest absolute Gasteiger partial charge is 0.417 e. The van der Waals surface area contributed by atoms with E-state index in [1.165, 1.54) is 13.2 Å². The fraction of sp³-hybridized carbons (Fsp3) is 0.450. The predicted octanol–water partition coefficient (Wildman–Crippen LogP) is 3.42. The highest BCUT2D eigenvalue weighted by atomic mass is 35.5. The first kappa shape index (κ1) is 27.1. The lowest BCUT2D eigenvalue weighted by Crippen LogP contribution is -2.29. The van der Waals surface area contributed by atoms with Gasteiger partial charge in [0.25, 0.3) is 0 Å². The summed E-state index contributed by atoms with van der Waals surface area (Å²) in [5.41, 5.74) is -0.443. The highest BCUT2D eigenvalue weighted by molar-refractivity contribution is 7.89. The molecule has 13 heteroatoms. The van der Waals surface area contributed by atoms with Crippen molar-refractivity contribution < 1.29 is 40.9 Å². The third-order valence-electron chi connectivity index (χ3n) is 4.23. The highest BCUT2D eigenvalue weighted by Gasteiger charge is 2.32. The zero-order valence-electron chi connectivity index (χ0n) is 17.7. The molecule has 0 saturated carbocycles. The number of aromatic nitrogens is 1. The Morgan fingerprint density at radius 2 is 1.97 bits per heavy atom. The molecule has 0 aliphatic carbocycles. The van der Waals surface area contributed by atoms with Crippen LogP contribution in [0.4, 0.5) is 13.2 Å². The first-order valence-corrected chi connectivity index (χ1v) is 11.8. The van der Waals surface area contributed by atoms with Gasteiger partial charge in [-0.15, -0.1) is 0 Å². The van der Waals surface area contributed by atoms with E-state index in [-0.39, 0.29) is 55.0 Å². The molecule has 0 saturated heterocycles. The van der Waals surface area contributed by atoms with Gasteiger partial charge in [0.05, 0.1) is 24.5 Å². The molecule has 1 aromatic heterocycles. The summed E-state index contributed by atoms with van der Waals surface area (Å²) in [4.78, 5) is 3.67. The van der Waals surface area contributed by atoms with Gasteiger partial charge in [0, 0.05) is 25.9 Å². The van der Waals surface area contributed by atoms with Crippen molar-refractivity contribution in [2.45, 2.75) is 19.0 Å². The monoisotopic (exact) mass is 512 g/mol. The molecular weight excluding hydrogens is 489 g/mol. The first-order chi connectivity index (χ1) is 15.6. The molecule has 8 nitrogen and oxygen atoms in total. The van der Waals surface area contributed by atoms with E-state index in [1.54, 1.807) is 12.1 Å². The fourth-order valence-electron chi connectivity index (χ4n) is 2.65. The largest absolute Gasteiger partial charge is 0.491 e. The Bertz CT molecular complexity index is 1020. The van der Waals surface area contributed by atoms with Crippen LogP contribution in [0.25, 0.3) is 0 Å². The minimum Gasteiger partial charge on any atom is -0.491 e. The number of methoxy groups -OCH3 is 1. The maximum Gasteiger partial charge on any atom is 0.417 e. The fourth-order valence-corrected chi connectivity index (χ4v) is 3.93. The lowest BCUT2D eigenvalue weighted by Gasteiger charge is -2.15. The second-order valence-corrected chi connectivity index (χ2v) is 9.10. The lowest BCUT2D eigenvalue weighted by atomic mass is 10.1. The maximum atomic E-state index is 12.9. The molecule has 2 rings (SSSR count). The number of hydrogen-bond acceptors (Lipinski definition) is 7. The Hall–Kier alpha value is -2.12. The van der Waals surface area contributed by atoms with Crippen molar-refractivity contribution in [2.24, 2.45) is 0 Å². The minimum absolute atomic E-state index is 0.0811. The zero-order chi connectivity index (χ0) is 24.5. The van der Waals surface area contributed by atoms with Crippen LogP contribution in [0, 0.1) is 0 Å². The molecule has 0 unspecified atom stereocenters. The lowest BCUT2D eigenvalue weighted by molar-refractivity contribution is -0.137. The summed E-state index contributed by atoms with van der Waals surface area (Å²) >= 11 is 5.95. The Morgan fingerprint density at radius 3 is 2.61 bits per heavy atom. The molecule has 0 atom stereocenters. The van der Waals surface area contributed by atoms with Crippen LogP contribution in [0.15, 0.2) is 30.5 Å². The number of nitrogens with one attached hydrogen (secondary N) is 1. The highest BCUT2D eigenvalue weighted by Crippen LogP contribution is 2.36. The normalized spacial score (nSPS) is 12.1. The van der Waals surface area contributed by atoms with E-state index in [0.29, 0.717) is 30.2 Å². The van der Waals surface area contributed by atoms with Gasteiger partial charge in [0.15, 0.2) is 0 Å². The number of rotatable bonds is 13. The van der Waals surface area contributed by atoms with E-state index in [2.05, 4.69) is 9.71 Å². The van der Waals surface area contributed by atoms with Crippen molar-refractivity contribution in [3.05, 3.63) is 46.6 Å². The molecule has 0 aliphatic heterocycles. The molecule has 1 heterocycles. The van der Waals surface area contributed by atoms with Gasteiger partial charge in [-0.3, -0.25) is 0 Å². The molecule has 184 valence electrons. The number of alkyl halides is 3. The maximum absolute atomic E-state index is 12.9. The molecule has 33 heavy (non-hydrogen) atoms. The number of aliphatic hydroxyl groups is 1. The van der Waals surface area contributed by atoms with E-state index < -0.39 is 21.8 Å². The molecule has 0 amide bonds. The number of halogens is 4. The van der Waals surface area contributed by atoms with Crippen molar-refractivity contribution in [1.29, 1.82) is 0 Å². The number of pyridine rings is 1. The molecule has 0 radical (unpaired) electrons. The number of benzene rings is 1.